The molecule has 12 rings (SSSR count). The number of fused-ring (bicyclic) bond motifs is 12. The maximum atomic E-state index is 2.55. The SMILES string of the molecule is CC1(C)c2ccccc2C2=CC=C(N(c3ccc4c(c3)c3ccccc3n4-c3ccccc3)c3ccc4c(c3)c3cccc5c6ccccc6n4c53)CC21. The van der Waals surface area contributed by atoms with Crippen LogP contribution in [0.15, 0.2) is 176 Å². The molecule has 3 nitrogen and oxygen atoms in total. The summed E-state index contributed by atoms with van der Waals surface area (Å²) in [6.07, 6.45) is 5.76. The Hall–Kier alpha value is -6.58. The van der Waals surface area contributed by atoms with Gasteiger partial charge in [-0.15, -0.1) is 0 Å². The molecule has 256 valence electrons. The Kier molecular flexibility index (Phi) is 5.96. The van der Waals surface area contributed by atoms with Gasteiger partial charge in [0.15, 0.2) is 0 Å². The predicted octanol–water partition coefficient (Wildman–Crippen LogP) is 13.4. The first-order valence-electron chi connectivity index (χ1n) is 19.1. The van der Waals surface area contributed by atoms with Gasteiger partial charge < -0.3 is 13.9 Å². The van der Waals surface area contributed by atoms with Gasteiger partial charge in [-0.05, 0) is 101 Å². The first kappa shape index (κ1) is 29.9. The molecule has 0 bridgehead atoms. The van der Waals surface area contributed by atoms with E-state index in [1.54, 1.807) is 0 Å². The van der Waals surface area contributed by atoms with Gasteiger partial charge in [-0.25, -0.2) is 0 Å². The fourth-order valence-corrected chi connectivity index (χ4v) is 10.3. The number of para-hydroxylation sites is 4. The minimum Gasteiger partial charge on any atom is -0.314 e. The molecule has 0 saturated carbocycles. The fraction of sp³-hybridized carbons (Fsp3) is 0.0980. The quantitative estimate of drug-likeness (QED) is 0.179. The molecule has 0 saturated heterocycles. The topological polar surface area (TPSA) is 12.6 Å². The molecule has 0 amide bonds. The minimum atomic E-state index is 0.0266. The highest BCUT2D eigenvalue weighted by molar-refractivity contribution is 6.23. The lowest BCUT2D eigenvalue weighted by Crippen LogP contribution is -2.28. The van der Waals surface area contributed by atoms with E-state index in [1.165, 1.54) is 99.4 Å². The molecule has 0 spiro atoms. The van der Waals surface area contributed by atoms with E-state index < -0.39 is 0 Å². The van der Waals surface area contributed by atoms with Crippen molar-refractivity contribution in [3.8, 4) is 5.69 Å². The molecular weight excluding hydrogens is 655 g/mol. The second kappa shape index (κ2) is 10.7. The van der Waals surface area contributed by atoms with Crippen LogP contribution in [0.4, 0.5) is 11.4 Å². The monoisotopic (exact) mass is 691 g/mol. The number of aromatic nitrogens is 2. The highest BCUT2D eigenvalue weighted by atomic mass is 15.2. The molecule has 3 heteroatoms. The average Bonchev–Trinajstić information content (AvgIpc) is 3.91. The van der Waals surface area contributed by atoms with Gasteiger partial charge in [0.1, 0.15) is 0 Å². The summed E-state index contributed by atoms with van der Waals surface area (Å²) in [6.45, 7) is 4.87. The van der Waals surface area contributed by atoms with Gasteiger partial charge in [0.25, 0.3) is 0 Å². The molecule has 3 aromatic heterocycles. The van der Waals surface area contributed by atoms with Gasteiger partial charge in [0.2, 0.25) is 0 Å². The summed E-state index contributed by atoms with van der Waals surface area (Å²) in [5.74, 6) is 0.386. The Morgan fingerprint density at radius 2 is 1.09 bits per heavy atom. The second-order valence-electron chi connectivity index (χ2n) is 15.8. The smallest absolute Gasteiger partial charge is 0.0620 e. The Labute approximate surface area is 313 Å². The number of benzene rings is 7. The summed E-state index contributed by atoms with van der Waals surface area (Å²) in [4.78, 5) is 2.55. The Balaban J connectivity index is 1.10. The molecule has 54 heavy (non-hydrogen) atoms. The van der Waals surface area contributed by atoms with Crippen molar-refractivity contribution >= 4 is 76.8 Å². The number of allylic oxidation sites excluding steroid dienone is 4. The van der Waals surface area contributed by atoms with Crippen LogP contribution in [0.25, 0.3) is 71.2 Å². The average molecular weight is 692 g/mol. The van der Waals surface area contributed by atoms with E-state index >= 15 is 0 Å². The number of nitrogens with zero attached hydrogens (tertiary/aromatic N) is 3. The molecular formula is C51H37N3. The zero-order valence-electron chi connectivity index (χ0n) is 30.3. The number of hydrogen-bond acceptors (Lipinski definition) is 1. The van der Waals surface area contributed by atoms with Crippen LogP contribution in [0.3, 0.4) is 0 Å². The third-order valence-electron chi connectivity index (χ3n) is 12.7. The van der Waals surface area contributed by atoms with E-state index in [4.69, 9.17) is 0 Å². The summed E-state index contributed by atoms with van der Waals surface area (Å²) in [5, 5.41) is 7.72. The third-order valence-corrected chi connectivity index (χ3v) is 12.7. The van der Waals surface area contributed by atoms with Crippen molar-refractivity contribution in [2.75, 3.05) is 4.90 Å². The van der Waals surface area contributed by atoms with E-state index in [0.717, 1.165) is 6.42 Å². The molecule has 1 unspecified atom stereocenters. The third kappa shape index (κ3) is 3.91. The van der Waals surface area contributed by atoms with E-state index in [2.05, 4.69) is 198 Å². The first-order chi connectivity index (χ1) is 26.6. The normalized spacial score (nSPS) is 16.4. The van der Waals surface area contributed by atoms with Crippen LogP contribution < -0.4 is 4.90 Å². The lowest BCUT2D eigenvalue weighted by atomic mass is 9.74. The van der Waals surface area contributed by atoms with Crippen LogP contribution in [0.2, 0.25) is 0 Å². The number of hydrogen-bond donors (Lipinski definition) is 0. The van der Waals surface area contributed by atoms with Crippen molar-refractivity contribution in [1.29, 1.82) is 0 Å². The highest BCUT2D eigenvalue weighted by Crippen LogP contribution is 2.55. The molecule has 1 atom stereocenters. The van der Waals surface area contributed by atoms with Crippen LogP contribution in [0.1, 0.15) is 31.4 Å². The van der Waals surface area contributed by atoms with Crippen molar-refractivity contribution in [1.82, 2.24) is 8.97 Å². The zero-order chi connectivity index (χ0) is 35.7. The molecule has 0 fully saturated rings. The highest BCUT2D eigenvalue weighted by Gasteiger charge is 2.44. The molecule has 2 aliphatic rings. The van der Waals surface area contributed by atoms with E-state index in [9.17, 15) is 0 Å². The lowest BCUT2D eigenvalue weighted by Gasteiger charge is -2.36. The van der Waals surface area contributed by atoms with Gasteiger partial charge in [0, 0.05) is 55.1 Å². The van der Waals surface area contributed by atoms with Crippen molar-refractivity contribution in [2.45, 2.75) is 25.7 Å². The van der Waals surface area contributed by atoms with Gasteiger partial charge in [0.05, 0.1) is 27.6 Å². The summed E-state index contributed by atoms with van der Waals surface area (Å²) >= 11 is 0. The van der Waals surface area contributed by atoms with Crippen molar-refractivity contribution in [3.63, 3.8) is 0 Å². The van der Waals surface area contributed by atoms with Crippen LogP contribution in [-0.2, 0) is 5.41 Å². The van der Waals surface area contributed by atoms with E-state index in [0.29, 0.717) is 5.92 Å². The van der Waals surface area contributed by atoms with Crippen molar-refractivity contribution in [2.24, 2.45) is 5.92 Å². The van der Waals surface area contributed by atoms with E-state index in [1.807, 2.05) is 0 Å². The summed E-state index contributed by atoms with van der Waals surface area (Å²) in [7, 11) is 0. The second-order valence-corrected chi connectivity index (χ2v) is 15.8. The maximum absolute atomic E-state index is 2.55. The molecule has 3 heterocycles. The van der Waals surface area contributed by atoms with Gasteiger partial charge in [-0.2, -0.15) is 0 Å². The van der Waals surface area contributed by atoms with Gasteiger partial charge in [-0.1, -0.05) is 117 Å². The fourth-order valence-electron chi connectivity index (χ4n) is 10.3. The van der Waals surface area contributed by atoms with Gasteiger partial charge >= 0.3 is 0 Å². The van der Waals surface area contributed by atoms with Crippen LogP contribution >= 0.6 is 0 Å². The Bertz CT molecular complexity index is 3220. The molecule has 2 aliphatic carbocycles. The van der Waals surface area contributed by atoms with Crippen LogP contribution in [-0.4, -0.2) is 8.97 Å². The standard InChI is InChI=1S/C51H37N3/c1-51(2)44-20-9-6-15-36(44)37-26-23-35(31-45(37)51)52(33-24-27-48-42(29-33)39-17-8-10-21-46(39)53(48)32-13-4-3-5-14-32)34-25-28-49-43(30-34)41-19-12-18-40-38-16-7-11-22-47(38)54(49)50(40)41/h3-30,45H,31H2,1-2H3. The largest absolute Gasteiger partial charge is 0.314 e. The summed E-state index contributed by atoms with van der Waals surface area (Å²) < 4.78 is 4.88. The zero-order valence-corrected chi connectivity index (χ0v) is 30.3. The Morgan fingerprint density at radius 1 is 0.519 bits per heavy atom. The maximum Gasteiger partial charge on any atom is 0.0620 e. The van der Waals surface area contributed by atoms with Crippen LogP contribution in [0, 0.1) is 5.92 Å². The van der Waals surface area contributed by atoms with Crippen molar-refractivity contribution < 1.29 is 0 Å². The molecule has 0 N–H and O–H groups in total. The summed E-state index contributed by atoms with van der Waals surface area (Å²) in [5.41, 5.74) is 15.5. The van der Waals surface area contributed by atoms with Crippen molar-refractivity contribution in [3.05, 3.63) is 187 Å². The Morgan fingerprint density at radius 3 is 1.89 bits per heavy atom. The molecule has 0 aliphatic heterocycles. The first-order valence-corrected chi connectivity index (χ1v) is 19.1. The van der Waals surface area contributed by atoms with Crippen LogP contribution in [0.5, 0.6) is 0 Å². The number of anilines is 2. The minimum absolute atomic E-state index is 0.0266. The number of rotatable bonds is 4. The lowest BCUT2D eigenvalue weighted by molar-refractivity contribution is 0.406. The summed E-state index contributed by atoms with van der Waals surface area (Å²) in [6, 6.07) is 58.5. The molecule has 10 aromatic rings. The van der Waals surface area contributed by atoms with Gasteiger partial charge in [-0.3, -0.25) is 0 Å². The predicted molar refractivity (Wildman–Crippen MR) is 228 cm³/mol. The molecule has 7 aromatic carbocycles. The molecule has 0 radical (unpaired) electrons. The van der Waals surface area contributed by atoms with E-state index in [-0.39, 0.29) is 5.41 Å².